The van der Waals surface area contributed by atoms with Gasteiger partial charge in [-0.25, -0.2) is 0 Å². The van der Waals surface area contributed by atoms with E-state index < -0.39 is 0 Å². The van der Waals surface area contributed by atoms with Crippen molar-refractivity contribution in [2.24, 2.45) is 0 Å². The Morgan fingerprint density at radius 1 is 1.00 bits per heavy atom. The molecule has 0 aliphatic heterocycles. The zero-order valence-electron chi connectivity index (χ0n) is 10.9. The summed E-state index contributed by atoms with van der Waals surface area (Å²) in [5.41, 5.74) is 2.44. The van der Waals surface area contributed by atoms with E-state index in [1.165, 1.54) is 0 Å². The highest BCUT2D eigenvalue weighted by molar-refractivity contribution is 6.30. The number of carbonyl (C=O) groups excluding carboxylic acids is 1. The van der Waals surface area contributed by atoms with E-state index in [4.69, 9.17) is 11.6 Å². The molecule has 0 radical (unpaired) electrons. The number of hydrogen-bond acceptors (Lipinski definition) is 2. The van der Waals surface area contributed by atoms with Gasteiger partial charge in [0.15, 0.2) is 0 Å². The van der Waals surface area contributed by atoms with Crippen LogP contribution in [-0.2, 0) is 0 Å². The first-order valence-corrected chi connectivity index (χ1v) is 6.28. The second-order valence-electron chi connectivity index (χ2n) is 4.40. The summed E-state index contributed by atoms with van der Waals surface area (Å²) in [6, 6.07) is 14.5. The van der Waals surface area contributed by atoms with Crippen molar-refractivity contribution in [2.45, 2.75) is 0 Å². The van der Waals surface area contributed by atoms with Gasteiger partial charge in [0.1, 0.15) is 0 Å². The highest BCUT2D eigenvalue weighted by atomic mass is 35.5. The number of carbonyl (C=O) groups is 1. The van der Waals surface area contributed by atoms with Gasteiger partial charge in [-0.15, -0.1) is 0 Å². The molecule has 2 aromatic rings. The molecule has 0 atom stereocenters. The molecule has 0 heterocycles. The first-order chi connectivity index (χ1) is 9.06. The number of nitrogens with zero attached hydrogens (tertiary/aromatic N) is 1. The summed E-state index contributed by atoms with van der Waals surface area (Å²) < 4.78 is 0. The van der Waals surface area contributed by atoms with Crippen LogP contribution in [0, 0.1) is 0 Å². The number of benzene rings is 2. The lowest BCUT2D eigenvalue weighted by molar-refractivity contribution is 0.102. The Balaban J connectivity index is 2.08. The van der Waals surface area contributed by atoms with Gasteiger partial charge in [0.05, 0.1) is 0 Å². The van der Waals surface area contributed by atoms with Crippen LogP contribution in [0.2, 0.25) is 5.02 Å². The van der Waals surface area contributed by atoms with Crippen LogP contribution in [0.1, 0.15) is 10.4 Å². The predicted octanol–water partition coefficient (Wildman–Crippen LogP) is 3.66. The SMILES string of the molecule is CN(C)c1ccc(NC(=O)c2ccc(Cl)cc2)cc1. The van der Waals surface area contributed by atoms with Crippen molar-refractivity contribution >= 4 is 28.9 Å². The Kier molecular flexibility index (Phi) is 4.07. The zero-order valence-corrected chi connectivity index (χ0v) is 11.6. The molecule has 19 heavy (non-hydrogen) atoms. The maximum absolute atomic E-state index is 12.0. The largest absolute Gasteiger partial charge is 0.378 e. The summed E-state index contributed by atoms with van der Waals surface area (Å²) in [4.78, 5) is 14.0. The van der Waals surface area contributed by atoms with Crippen LogP contribution in [0.4, 0.5) is 11.4 Å². The minimum absolute atomic E-state index is 0.144. The van der Waals surface area contributed by atoms with Crippen LogP contribution in [0.15, 0.2) is 48.5 Å². The molecule has 2 rings (SSSR count). The first kappa shape index (κ1) is 13.4. The molecule has 4 heteroatoms. The second-order valence-corrected chi connectivity index (χ2v) is 4.84. The molecule has 1 amide bonds. The van der Waals surface area contributed by atoms with Gasteiger partial charge in [-0.05, 0) is 48.5 Å². The van der Waals surface area contributed by atoms with Crippen LogP contribution < -0.4 is 10.2 Å². The second kappa shape index (κ2) is 5.76. The molecule has 0 spiro atoms. The standard InChI is InChI=1S/C15H15ClN2O/c1-18(2)14-9-7-13(8-10-14)17-15(19)11-3-5-12(16)6-4-11/h3-10H,1-2H3,(H,17,19). The van der Waals surface area contributed by atoms with E-state index in [0.717, 1.165) is 11.4 Å². The Morgan fingerprint density at radius 2 is 1.58 bits per heavy atom. The third kappa shape index (κ3) is 3.48. The Morgan fingerprint density at radius 3 is 2.11 bits per heavy atom. The van der Waals surface area contributed by atoms with Gasteiger partial charge >= 0.3 is 0 Å². The topological polar surface area (TPSA) is 32.3 Å². The monoisotopic (exact) mass is 274 g/mol. The molecule has 0 bridgehead atoms. The van der Waals surface area contributed by atoms with E-state index in [9.17, 15) is 4.79 Å². The average Bonchev–Trinajstić information content (AvgIpc) is 2.40. The number of amides is 1. The fourth-order valence-corrected chi connectivity index (χ4v) is 1.77. The lowest BCUT2D eigenvalue weighted by Crippen LogP contribution is -2.12. The maximum Gasteiger partial charge on any atom is 0.255 e. The molecular weight excluding hydrogens is 260 g/mol. The van der Waals surface area contributed by atoms with E-state index in [1.807, 2.05) is 43.3 Å². The third-order valence-corrected chi connectivity index (χ3v) is 3.00. The Hall–Kier alpha value is -2.00. The molecular formula is C15H15ClN2O. The molecule has 0 aliphatic carbocycles. The number of nitrogens with one attached hydrogen (secondary N) is 1. The van der Waals surface area contributed by atoms with Crippen molar-refractivity contribution in [3.05, 3.63) is 59.1 Å². The summed E-state index contributed by atoms with van der Waals surface area (Å²) in [6.07, 6.45) is 0. The lowest BCUT2D eigenvalue weighted by Gasteiger charge is -2.13. The first-order valence-electron chi connectivity index (χ1n) is 5.90. The van der Waals surface area contributed by atoms with E-state index >= 15 is 0 Å². The summed E-state index contributed by atoms with van der Waals surface area (Å²) in [7, 11) is 3.95. The molecule has 0 aromatic heterocycles. The van der Waals surface area contributed by atoms with E-state index in [-0.39, 0.29) is 5.91 Å². The normalized spacial score (nSPS) is 10.1. The minimum atomic E-state index is -0.144. The maximum atomic E-state index is 12.0. The molecule has 0 aliphatic rings. The number of hydrogen-bond donors (Lipinski definition) is 1. The molecule has 3 nitrogen and oxygen atoms in total. The van der Waals surface area contributed by atoms with Crippen molar-refractivity contribution in [3.63, 3.8) is 0 Å². The summed E-state index contributed by atoms with van der Waals surface area (Å²) in [6.45, 7) is 0. The highest BCUT2D eigenvalue weighted by Gasteiger charge is 2.05. The van der Waals surface area contributed by atoms with Crippen molar-refractivity contribution in [3.8, 4) is 0 Å². The van der Waals surface area contributed by atoms with Crippen LogP contribution in [0.25, 0.3) is 0 Å². The predicted molar refractivity (Wildman–Crippen MR) is 80.2 cm³/mol. The minimum Gasteiger partial charge on any atom is -0.378 e. The molecule has 0 unspecified atom stereocenters. The van der Waals surface area contributed by atoms with Crippen LogP contribution in [0.5, 0.6) is 0 Å². The molecule has 98 valence electrons. The zero-order chi connectivity index (χ0) is 13.8. The third-order valence-electron chi connectivity index (χ3n) is 2.75. The van der Waals surface area contributed by atoms with Crippen molar-refractivity contribution in [2.75, 3.05) is 24.3 Å². The molecule has 0 fully saturated rings. The molecule has 0 saturated carbocycles. The fraction of sp³-hybridized carbons (Fsp3) is 0.133. The van der Waals surface area contributed by atoms with Gasteiger partial charge in [-0.1, -0.05) is 11.6 Å². The molecule has 0 saturated heterocycles. The smallest absolute Gasteiger partial charge is 0.255 e. The quantitative estimate of drug-likeness (QED) is 0.926. The highest BCUT2D eigenvalue weighted by Crippen LogP contribution is 2.17. The summed E-state index contributed by atoms with van der Waals surface area (Å²) in [5.74, 6) is -0.144. The van der Waals surface area contributed by atoms with Gasteiger partial charge < -0.3 is 10.2 Å². The van der Waals surface area contributed by atoms with E-state index in [2.05, 4.69) is 5.32 Å². The Bertz CT molecular complexity index is 562. The van der Waals surface area contributed by atoms with Crippen LogP contribution in [0.3, 0.4) is 0 Å². The van der Waals surface area contributed by atoms with E-state index in [0.29, 0.717) is 10.6 Å². The van der Waals surface area contributed by atoms with Gasteiger partial charge in [-0.2, -0.15) is 0 Å². The molecule has 1 N–H and O–H groups in total. The lowest BCUT2D eigenvalue weighted by atomic mass is 10.2. The Labute approximate surface area is 117 Å². The van der Waals surface area contributed by atoms with Gasteiger partial charge in [0.2, 0.25) is 0 Å². The van der Waals surface area contributed by atoms with Crippen molar-refractivity contribution in [1.82, 2.24) is 0 Å². The summed E-state index contributed by atoms with van der Waals surface area (Å²) >= 11 is 5.79. The number of halogens is 1. The van der Waals surface area contributed by atoms with Gasteiger partial charge in [0.25, 0.3) is 5.91 Å². The van der Waals surface area contributed by atoms with Crippen molar-refractivity contribution in [1.29, 1.82) is 0 Å². The van der Waals surface area contributed by atoms with Crippen LogP contribution >= 0.6 is 11.6 Å². The average molecular weight is 275 g/mol. The van der Waals surface area contributed by atoms with Crippen LogP contribution in [-0.4, -0.2) is 20.0 Å². The van der Waals surface area contributed by atoms with Gasteiger partial charge in [0, 0.05) is 36.1 Å². The number of anilines is 2. The summed E-state index contributed by atoms with van der Waals surface area (Å²) in [5, 5.41) is 3.46. The van der Waals surface area contributed by atoms with E-state index in [1.54, 1.807) is 24.3 Å². The fourth-order valence-electron chi connectivity index (χ4n) is 1.65. The van der Waals surface area contributed by atoms with Gasteiger partial charge in [-0.3, -0.25) is 4.79 Å². The number of rotatable bonds is 3. The van der Waals surface area contributed by atoms with Crippen molar-refractivity contribution < 1.29 is 4.79 Å². The molecule has 2 aromatic carbocycles.